The number of nitrogens with two attached hydrogens (primary N) is 1. The molecule has 0 saturated carbocycles. The van der Waals surface area contributed by atoms with E-state index in [0.717, 1.165) is 25.9 Å². The first kappa shape index (κ1) is 14.2. The third kappa shape index (κ3) is 4.88. The maximum Gasteiger partial charge on any atom is 0.0137 e. The molecule has 0 atom stereocenters. The van der Waals surface area contributed by atoms with Gasteiger partial charge in [-0.1, -0.05) is 23.8 Å². The number of aryl methyl sites for hydroxylation is 2. The number of nitrogens with one attached hydrogen (secondary N) is 1. The van der Waals surface area contributed by atoms with E-state index in [-0.39, 0.29) is 5.54 Å². The molecule has 0 saturated heterocycles. The second kappa shape index (κ2) is 6.18. The van der Waals surface area contributed by atoms with Gasteiger partial charge in [0.05, 0.1) is 0 Å². The average Bonchev–Trinajstić information content (AvgIpc) is 2.21. The zero-order valence-electron chi connectivity index (χ0n) is 11.6. The van der Waals surface area contributed by atoms with Gasteiger partial charge in [-0.15, -0.1) is 0 Å². The highest BCUT2D eigenvalue weighted by atomic mass is 14.9. The highest BCUT2D eigenvalue weighted by Gasteiger charge is 2.14. The van der Waals surface area contributed by atoms with Crippen molar-refractivity contribution in [3.63, 3.8) is 0 Å². The molecule has 0 amide bonds. The Morgan fingerprint density at radius 3 is 2.53 bits per heavy atom. The topological polar surface area (TPSA) is 38.0 Å². The molecule has 1 aromatic carbocycles. The van der Waals surface area contributed by atoms with E-state index in [1.807, 2.05) is 0 Å². The summed E-state index contributed by atoms with van der Waals surface area (Å²) in [5, 5.41) is 3.57. The largest absolute Gasteiger partial charge is 0.330 e. The SMILES string of the molecule is Cc1ccc(CCNC(C)(C)CCN)c(C)c1. The van der Waals surface area contributed by atoms with Crippen molar-refractivity contribution in [2.75, 3.05) is 13.1 Å². The Morgan fingerprint density at radius 2 is 1.94 bits per heavy atom. The van der Waals surface area contributed by atoms with Crippen LogP contribution >= 0.6 is 0 Å². The second-order valence-corrected chi connectivity index (χ2v) is 5.53. The van der Waals surface area contributed by atoms with Gasteiger partial charge in [0.2, 0.25) is 0 Å². The van der Waals surface area contributed by atoms with E-state index in [2.05, 4.69) is 51.2 Å². The van der Waals surface area contributed by atoms with Crippen LogP contribution in [-0.2, 0) is 6.42 Å². The van der Waals surface area contributed by atoms with Crippen molar-refractivity contribution >= 4 is 0 Å². The minimum absolute atomic E-state index is 0.146. The Labute approximate surface area is 106 Å². The summed E-state index contributed by atoms with van der Waals surface area (Å²) >= 11 is 0. The van der Waals surface area contributed by atoms with Crippen molar-refractivity contribution in [3.8, 4) is 0 Å². The first-order valence-corrected chi connectivity index (χ1v) is 6.46. The highest BCUT2D eigenvalue weighted by molar-refractivity contribution is 5.30. The third-order valence-electron chi connectivity index (χ3n) is 3.27. The zero-order chi connectivity index (χ0) is 12.9. The first-order valence-electron chi connectivity index (χ1n) is 6.46. The fraction of sp³-hybridized carbons (Fsp3) is 0.600. The van der Waals surface area contributed by atoms with Crippen molar-refractivity contribution in [2.45, 2.75) is 46.1 Å². The second-order valence-electron chi connectivity index (χ2n) is 5.53. The first-order chi connectivity index (χ1) is 7.94. The number of hydrogen-bond donors (Lipinski definition) is 2. The molecule has 0 radical (unpaired) electrons. The van der Waals surface area contributed by atoms with Crippen molar-refractivity contribution < 1.29 is 0 Å². The van der Waals surface area contributed by atoms with Gasteiger partial charge in [-0.25, -0.2) is 0 Å². The lowest BCUT2D eigenvalue weighted by molar-refractivity contribution is 0.370. The van der Waals surface area contributed by atoms with Gasteiger partial charge in [-0.2, -0.15) is 0 Å². The maximum atomic E-state index is 5.60. The van der Waals surface area contributed by atoms with E-state index in [1.165, 1.54) is 16.7 Å². The van der Waals surface area contributed by atoms with Gasteiger partial charge in [0.1, 0.15) is 0 Å². The van der Waals surface area contributed by atoms with Crippen LogP contribution in [0.15, 0.2) is 18.2 Å². The molecule has 0 fully saturated rings. The van der Waals surface area contributed by atoms with Gasteiger partial charge in [-0.05, 0) is 64.8 Å². The van der Waals surface area contributed by atoms with Crippen LogP contribution in [0.5, 0.6) is 0 Å². The van der Waals surface area contributed by atoms with Crippen LogP contribution in [0.4, 0.5) is 0 Å². The molecule has 0 bridgehead atoms. The quantitative estimate of drug-likeness (QED) is 0.794. The van der Waals surface area contributed by atoms with E-state index in [4.69, 9.17) is 5.73 Å². The molecule has 0 heterocycles. The molecule has 0 aliphatic heterocycles. The lowest BCUT2D eigenvalue weighted by Crippen LogP contribution is -2.42. The molecular formula is C15H26N2. The summed E-state index contributed by atoms with van der Waals surface area (Å²) in [6, 6.07) is 6.68. The van der Waals surface area contributed by atoms with Gasteiger partial charge in [0.25, 0.3) is 0 Å². The number of rotatable bonds is 6. The van der Waals surface area contributed by atoms with E-state index in [1.54, 1.807) is 0 Å². The van der Waals surface area contributed by atoms with Gasteiger partial charge in [0, 0.05) is 5.54 Å². The molecule has 0 spiro atoms. The summed E-state index contributed by atoms with van der Waals surface area (Å²) in [6.07, 6.45) is 2.10. The van der Waals surface area contributed by atoms with Crippen molar-refractivity contribution in [1.29, 1.82) is 0 Å². The van der Waals surface area contributed by atoms with Gasteiger partial charge >= 0.3 is 0 Å². The molecule has 0 aromatic heterocycles. The Morgan fingerprint density at radius 1 is 1.24 bits per heavy atom. The van der Waals surface area contributed by atoms with Gasteiger partial charge in [-0.3, -0.25) is 0 Å². The summed E-state index contributed by atoms with van der Waals surface area (Å²) in [7, 11) is 0. The average molecular weight is 234 g/mol. The zero-order valence-corrected chi connectivity index (χ0v) is 11.6. The van der Waals surface area contributed by atoms with Crippen LogP contribution in [0.1, 0.15) is 37.0 Å². The van der Waals surface area contributed by atoms with Crippen LogP contribution < -0.4 is 11.1 Å². The normalized spacial score (nSPS) is 11.8. The number of hydrogen-bond acceptors (Lipinski definition) is 2. The fourth-order valence-electron chi connectivity index (χ4n) is 2.11. The predicted octanol–water partition coefficient (Wildman–Crippen LogP) is 2.56. The summed E-state index contributed by atoms with van der Waals surface area (Å²) in [5.74, 6) is 0. The minimum Gasteiger partial charge on any atom is -0.330 e. The summed E-state index contributed by atoms with van der Waals surface area (Å²) in [4.78, 5) is 0. The lowest BCUT2D eigenvalue weighted by atomic mass is 9.99. The Balaban J connectivity index is 2.46. The maximum absolute atomic E-state index is 5.60. The van der Waals surface area contributed by atoms with Crippen molar-refractivity contribution in [1.82, 2.24) is 5.32 Å². The molecular weight excluding hydrogens is 208 g/mol. The molecule has 3 N–H and O–H groups in total. The molecule has 2 heteroatoms. The molecule has 2 nitrogen and oxygen atoms in total. The van der Waals surface area contributed by atoms with Crippen molar-refractivity contribution in [3.05, 3.63) is 34.9 Å². The van der Waals surface area contributed by atoms with Crippen LogP contribution in [0.2, 0.25) is 0 Å². The molecule has 0 aliphatic carbocycles. The standard InChI is InChI=1S/C15H26N2/c1-12-5-6-14(13(2)11-12)7-10-17-15(3,4)8-9-16/h5-6,11,17H,7-10,16H2,1-4H3. The van der Waals surface area contributed by atoms with Crippen LogP contribution in [0, 0.1) is 13.8 Å². The van der Waals surface area contributed by atoms with E-state index >= 15 is 0 Å². The highest BCUT2D eigenvalue weighted by Crippen LogP contribution is 2.12. The van der Waals surface area contributed by atoms with Crippen LogP contribution in [0.25, 0.3) is 0 Å². The Hall–Kier alpha value is -0.860. The van der Waals surface area contributed by atoms with Gasteiger partial charge in [0.15, 0.2) is 0 Å². The monoisotopic (exact) mass is 234 g/mol. The summed E-state index contributed by atoms with van der Waals surface area (Å²) in [5.41, 5.74) is 9.91. The summed E-state index contributed by atoms with van der Waals surface area (Å²) < 4.78 is 0. The van der Waals surface area contributed by atoms with Gasteiger partial charge < -0.3 is 11.1 Å². The van der Waals surface area contributed by atoms with Crippen molar-refractivity contribution in [2.24, 2.45) is 5.73 Å². The molecule has 1 rings (SSSR count). The van der Waals surface area contributed by atoms with E-state index in [9.17, 15) is 0 Å². The number of benzene rings is 1. The predicted molar refractivity (Wildman–Crippen MR) is 75.4 cm³/mol. The molecule has 0 unspecified atom stereocenters. The molecule has 1 aromatic rings. The molecule has 96 valence electrons. The lowest BCUT2D eigenvalue weighted by Gasteiger charge is -2.26. The van der Waals surface area contributed by atoms with E-state index in [0.29, 0.717) is 0 Å². The molecule has 0 aliphatic rings. The van der Waals surface area contributed by atoms with Crippen LogP contribution in [-0.4, -0.2) is 18.6 Å². The van der Waals surface area contributed by atoms with Crippen LogP contribution in [0.3, 0.4) is 0 Å². The Bertz CT molecular complexity index is 356. The minimum atomic E-state index is 0.146. The Kier molecular flexibility index (Phi) is 5.16. The molecule has 17 heavy (non-hydrogen) atoms. The fourth-order valence-corrected chi connectivity index (χ4v) is 2.11. The third-order valence-corrected chi connectivity index (χ3v) is 3.27. The smallest absolute Gasteiger partial charge is 0.0137 e. The van der Waals surface area contributed by atoms with E-state index < -0.39 is 0 Å². The summed E-state index contributed by atoms with van der Waals surface area (Å²) in [6.45, 7) is 10.5.